The fraction of sp³-hybridized carbons (Fsp3) is 0.480. The number of hydrogen-bond donors (Lipinski definition) is 2. The van der Waals surface area contributed by atoms with Crippen molar-refractivity contribution in [1.29, 1.82) is 0 Å². The molecule has 0 unspecified atom stereocenters. The summed E-state index contributed by atoms with van der Waals surface area (Å²) in [6, 6.07) is 10.6. The Morgan fingerprint density at radius 1 is 0.643 bits per heavy atom. The van der Waals surface area contributed by atoms with Crippen LogP contribution in [-0.4, -0.2) is 16.0 Å². The standard InChI is InChI=1S/C25H30O3/c26-23-13-11-19(15-21(23)17-7-3-1-4-8-17)25(28)20-12-14-24(27)22(16-20)18-9-5-2-6-10-18/h11-18,26-27H,1-10H2. The lowest BCUT2D eigenvalue weighted by Crippen LogP contribution is -2.09. The monoisotopic (exact) mass is 378 g/mol. The molecular formula is C25H30O3. The van der Waals surface area contributed by atoms with Crippen molar-refractivity contribution in [3.05, 3.63) is 58.7 Å². The molecule has 2 N–H and O–H groups in total. The summed E-state index contributed by atoms with van der Waals surface area (Å²) < 4.78 is 0. The lowest BCUT2D eigenvalue weighted by atomic mass is 9.82. The summed E-state index contributed by atoms with van der Waals surface area (Å²) in [6.07, 6.45) is 11.6. The van der Waals surface area contributed by atoms with E-state index in [0.717, 1.165) is 36.8 Å². The van der Waals surface area contributed by atoms with Crippen LogP contribution in [0.3, 0.4) is 0 Å². The molecule has 2 saturated carbocycles. The molecule has 0 radical (unpaired) electrons. The highest BCUT2D eigenvalue weighted by atomic mass is 16.3. The molecule has 0 aromatic heterocycles. The minimum Gasteiger partial charge on any atom is -0.508 e. The molecule has 0 amide bonds. The zero-order valence-corrected chi connectivity index (χ0v) is 16.5. The summed E-state index contributed by atoms with van der Waals surface area (Å²) in [4.78, 5) is 13.2. The van der Waals surface area contributed by atoms with Gasteiger partial charge in [0.25, 0.3) is 0 Å². The number of hydrogen-bond acceptors (Lipinski definition) is 3. The van der Waals surface area contributed by atoms with E-state index in [0.29, 0.717) is 34.5 Å². The van der Waals surface area contributed by atoms with Gasteiger partial charge in [-0.2, -0.15) is 0 Å². The van der Waals surface area contributed by atoms with Crippen molar-refractivity contribution in [2.24, 2.45) is 0 Å². The van der Waals surface area contributed by atoms with Gasteiger partial charge in [-0.05, 0) is 85.0 Å². The molecule has 0 heterocycles. The number of benzene rings is 2. The maximum atomic E-state index is 13.2. The molecule has 28 heavy (non-hydrogen) atoms. The second-order valence-electron chi connectivity index (χ2n) is 8.55. The molecule has 0 bridgehead atoms. The van der Waals surface area contributed by atoms with Crippen LogP contribution in [0.2, 0.25) is 0 Å². The third-order valence-corrected chi connectivity index (χ3v) is 6.67. The van der Waals surface area contributed by atoms with Gasteiger partial charge in [-0.25, -0.2) is 0 Å². The second kappa shape index (κ2) is 8.38. The van der Waals surface area contributed by atoms with E-state index in [9.17, 15) is 15.0 Å². The number of rotatable bonds is 4. The topological polar surface area (TPSA) is 57.5 Å². The summed E-state index contributed by atoms with van der Waals surface area (Å²) in [5, 5.41) is 20.7. The van der Waals surface area contributed by atoms with Crippen molar-refractivity contribution in [2.75, 3.05) is 0 Å². The van der Waals surface area contributed by atoms with Gasteiger partial charge in [0.1, 0.15) is 11.5 Å². The fourth-order valence-corrected chi connectivity index (χ4v) is 5.04. The Kier molecular flexibility index (Phi) is 5.70. The molecule has 0 saturated heterocycles. The van der Waals surface area contributed by atoms with Gasteiger partial charge in [0.05, 0.1) is 0 Å². The molecule has 2 fully saturated rings. The van der Waals surface area contributed by atoms with Crippen LogP contribution in [0.4, 0.5) is 0 Å². The SMILES string of the molecule is O=C(c1ccc(O)c(C2CCCCC2)c1)c1ccc(O)c(C2CCCCC2)c1. The minimum absolute atomic E-state index is 0.0332. The third-order valence-electron chi connectivity index (χ3n) is 6.67. The van der Waals surface area contributed by atoms with Crippen molar-refractivity contribution in [2.45, 2.75) is 76.0 Å². The number of carbonyl (C=O) groups is 1. The molecule has 2 aromatic carbocycles. The molecule has 0 atom stereocenters. The quantitative estimate of drug-likeness (QED) is 0.603. The van der Waals surface area contributed by atoms with Crippen LogP contribution >= 0.6 is 0 Å². The summed E-state index contributed by atoms with van der Waals surface area (Å²) in [6.45, 7) is 0. The summed E-state index contributed by atoms with van der Waals surface area (Å²) >= 11 is 0. The van der Waals surface area contributed by atoms with Crippen molar-refractivity contribution in [1.82, 2.24) is 0 Å². The van der Waals surface area contributed by atoms with Crippen LogP contribution < -0.4 is 0 Å². The largest absolute Gasteiger partial charge is 0.508 e. The van der Waals surface area contributed by atoms with Gasteiger partial charge < -0.3 is 10.2 Å². The number of carbonyl (C=O) groups excluding carboxylic acids is 1. The summed E-state index contributed by atoms with van der Waals surface area (Å²) in [5.41, 5.74) is 3.07. The van der Waals surface area contributed by atoms with E-state index in [-0.39, 0.29) is 5.78 Å². The number of ketones is 1. The summed E-state index contributed by atoms with van der Waals surface area (Å²) in [5.74, 6) is 1.27. The highest BCUT2D eigenvalue weighted by Crippen LogP contribution is 2.39. The fourth-order valence-electron chi connectivity index (χ4n) is 5.04. The van der Waals surface area contributed by atoms with E-state index < -0.39 is 0 Å². The Morgan fingerprint density at radius 3 is 1.43 bits per heavy atom. The highest BCUT2D eigenvalue weighted by molar-refractivity contribution is 6.09. The van der Waals surface area contributed by atoms with E-state index in [2.05, 4.69) is 0 Å². The van der Waals surface area contributed by atoms with E-state index in [1.54, 1.807) is 24.3 Å². The van der Waals surface area contributed by atoms with E-state index in [1.807, 2.05) is 12.1 Å². The zero-order chi connectivity index (χ0) is 19.5. The Hall–Kier alpha value is -2.29. The zero-order valence-electron chi connectivity index (χ0n) is 16.5. The molecule has 2 aliphatic carbocycles. The Labute approximate surface area is 167 Å². The van der Waals surface area contributed by atoms with Gasteiger partial charge in [0.2, 0.25) is 0 Å². The molecule has 3 nitrogen and oxygen atoms in total. The Bertz CT molecular complexity index is 773. The number of aromatic hydroxyl groups is 2. The van der Waals surface area contributed by atoms with E-state index >= 15 is 0 Å². The Balaban J connectivity index is 1.62. The van der Waals surface area contributed by atoms with Crippen molar-refractivity contribution in [3.8, 4) is 11.5 Å². The lowest BCUT2D eigenvalue weighted by molar-refractivity contribution is 0.103. The van der Waals surface area contributed by atoms with Crippen LogP contribution in [0.25, 0.3) is 0 Å². The summed E-state index contributed by atoms with van der Waals surface area (Å²) in [7, 11) is 0. The highest BCUT2D eigenvalue weighted by Gasteiger charge is 2.23. The van der Waals surface area contributed by atoms with Crippen LogP contribution in [0.15, 0.2) is 36.4 Å². The molecule has 0 aliphatic heterocycles. The molecule has 2 aliphatic rings. The molecule has 4 rings (SSSR count). The first-order valence-electron chi connectivity index (χ1n) is 10.8. The first-order valence-corrected chi connectivity index (χ1v) is 10.8. The maximum Gasteiger partial charge on any atom is 0.193 e. The smallest absolute Gasteiger partial charge is 0.193 e. The average Bonchev–Trinajstić information content (AvgIpc) is 2.75. The molecule has 0 spiro atoms. The molecule has 148 valence electrons. The molecular weight excluding hydrogens is 348 g/mol. The average molecular weight is 379 g/mol. The number of phenolic OH excluding ortho intramolecular Hbond substituents is 2. The third kappa shape index (κ3) is 3.94. The van der Waals surface area contributed by atoms with Gasteiger partial charge in [-0.1, -0.05) is 38.5 Å². The predicted molar refractivity (Wildman–Crippen MR) is 111 cm³/mol. The minimum atomic E-state index is -0.0332. The van der Waals surface area contributed by atoms with Crippen molar-refractivity contribution in [3.63, 3.8) is 0 Å². The van der Waals surface area contributed by atoms with Crippen LogP contribution in [0.5, 0.6) is 11.5 Å². The number of phenols is 2. The van der Waals surface area contributed by atoms with Gasteiger partial charge in [-0.15, -0.1) is 0 Å². The first kappa shape index (κ1) is 19.0. The van der Waals surface area contributed by atoms with E-state index in [1.165, 1.54) is 38.5 Å². The van der Waals surface area contributed by atoms with Crippen LogP contribution in [0, 0.1) is 0 Å². The van der Waals surface area contributed by atoms with Crippen molar-refractivity contribution < 1.29 is 15.0 Å². The molecule has 3 heteroatoms. The normalized spacial score (nSPS) is 18.9. The second-order valence-corrected chi connectivity index (χ2v) is 8.55. The van der Waals surface area contributed by atoms with Crippen molar-refractivity contribution >= 4 is 5.78 Å². The van der Waals surface area contributed by atoms with Gasteiger partial charge in [0, 0.05) is 11.1 Å². The first-order chi connectivity index (χ1) is 13.6. The van der Waals surface area contributed by atoms with E-state index in [4.69, 9.17) is 0 Å². The predicted octanol–water partition coefficient (Wildman–Crippen LogP) is 6.42. The maximum absolute atomic E-state index is 13.2. The van der Waals surface area contributed by atoms with Crippen LogP contribution in [0.1, 0.15) is 103 Å². The van der Waals surface area contributed by atoms with Gasteiger partial charge in [-0.3, -0.25) is 4.79 Å². The lowest BCUT2D eigenvalue weighted by Gasteiger charge is -2.24. The Morgan fingerprint density at radius 2 is 1.04 bits per heavy atom. The van der Waals surface area contributed by atoms with Gasteiger partial charge >= 0.3 is 0 Å². The van der Waals surface area contributed by atoms with Gasteiger partial charge in [0.15, 0.2) is 5.78 Å². The van der Waals surface area contributed by atoms with Crippen LogP contribution in [-0.2, 0) is 0 Å². The molecule has 2 aromatic rings.